The smallest absolute Gasteiger partial charge is 0.337 e. The second-order valence-electron chi connectivity index (χ2n) is 4.52. The topological polar surface area (TPSA) is 59.8 Å². The van der Waals surface area contributed by atoms with Gasteiger partial charge in [-0.1, -0.05) is 0 Å². The van der Waals surface area contributed by atoms with Gasteiger partial charge in [-0.3, -0.25) is 4.79 Å². The highest BCUT2D eigenvalue weighted by Crippen LogP contribution is 2.37. The third-order valence-electron chi connectivity index (χ3n) is 3.22. The number of anilines is 1. The largest absolute Gasteiger partial charge is 0.467 e. The Morgan fingerprint density at radius 1 is 1.43 bits per heavy atom. The summed E-state index contributed by atoms with van der Waals surface area (Å²) in [7, 11) is 1.34. The van der Waals surface area contributed by atoms with Crippen LogP contribution in [-0.4, -0.2) is 24.7 Å². The number of esters is 1. The molecule has 0 radical (unpaired) electrons. The monoisotopic (exact) mass is 303 g/mol. The summed E-state index contributed by atoms with van der Waals surface area (Å²) in [5.41, 5.74) is 1.14. The van der Waals surface area contributed by atoms with Crippen LogP contribution in [-0.2, 0) is 16.1 Å². The number of fused-ring (bicyclic) bond motifs is 1. The molecular formula is C15H13NO4S. The predicted molar refractivity (Wildman–Crippen MR) is 78.4 cm³/mol. The van der Waals surface area contributed by atoms with Crippen LogP contribution >= 0.6 is 11.8 Å². The SMILES string of the molecule is COC(=O)c1ccc2c(c1)N(Cc1ccco1)C(=O)CS2. The molecule has 0 atom stereocenters. The van der Waals surface area contributed by atoms with Crippen molar-refractivity contribution in [2.24, 2.45) is 0 Å². The number of amides is 1. The molecule has 1 aromatic heterocycles. The van der Waals surface area contributed by atoms with E-state index in [1.807, 2.05) is 12.1 Å². The van der Waals surface area contributed by atoms with Crippen LogP contribution in [0.4, 0.5) is 5.69 Å². The standard InChI is InChI=1S/C15H13NO4S/c1-19-15(18)10-4-5-13-12(7-10)16(14(17)9-21-13)8-11-3-2-6-20-11/h2-7H,8-9H2,1H3. The van der Waals surface area contributed by atoms with Crippen LogP contribution in [0, 0.1) is 0 Å². The zero-order valence-electron chi connectivity index (χ0n) is 11.4. The van der Waals surface area contributed by atoms with Crippen molar-refractivity contribution in [3.63, 3.8) is 0 Å². The van der Waals surface area contributed by atoms with Gasteiger partial charge in [0.1, 0.15) is 5.76 Å². The highest BCUT2D eigenvalue weighted by molar-refractivity contribution is 8.00. The van der Waals surface area contributed by atoms with Gasteiger partial charge in [-0.05, 0) is 30.3 Å². The van der Waals surface area contributed by atoms with Crippen molar-refractivity contribution in [1.82, 2.24) is 0 Å². The first-order valence-corrected chi connectivity index (χ1v) is 7.35. The maximum Gasteiger partial charge on any atom is 0.337 e. The van der Waals surface area contributed by atoms with Crippen LogP contribution < -0.4 is 4.90 Å². The first kappa shape index (κ1) is 13.8. The van der Waals surface area contributed by atoms with Crippen LogP contribution in [0.5, 0.6) is 0 Å². The van der Waals surface area contributed by atoms with Crippen molar-refractivity contribution >= 4 is 29.3 Å². The lowest BCUT2D eigenvalue weighted by Gasteiger charge is -2.28. The molecule has 0 bridgehead atoms. The molecule has 0 spiro atoms. The lowest BCUT2D eigenvalue weighted by atomic mass is 10.1. The summed E-state index contributed by atoms with van der Waals surface area (Å²) in [6.45, 7) is 0.351. The lowest BCUT2D eigenvalue weighted by molar-refractivity contribution is -0.116. The zero-order valence-corrected chi connectivity index (χ0v) is 12.2. The molecule has 2 aromatic rings. The van der Waals surface area contributed by atoms with Crippen molar-refractivity contribution in [2.45, 2.75) is 11.4 Å². The second-order valence-corrected chi connectivity index (χ2v) is 5.54. The number of hydrogen-bond acceptors (Lipinski definition) is 5. The number of methoxy groups -OCH3 is 1. The molecule has 0 saturated carbocycles. The summed E-state index contributed by atoms with van der Waals surface area (Å²) in [6, 6.07) is 8.84. The summed E-state index contributed by atoms with van der Waals surface area (Å²) in [6.07, 6.45) is 1.57. The number of carbonyl (C=O) groups is 2. The van der Waals surface area contributed by atoms with Gasteiger partial charge in [-0.2, -0.15) is 0 Å². The van der Waals surface area contributed by atoms with E-state index in [4.69, 9.17) is 9.15 Å². The van der Waals surface area contributed by atoms with E-state index in [0.717, 1.165) is 10.6 Å². The van der Waals surface area contributed by atoms with E-state index < -0.39 is 5.97 Å². The van der Waals surface area contributed by atoms with Crippen LogP contribution in [0.15, 0.2) is 45.9 Å². The molecule has 0 saturated heterocycles. The van der Waals surface area contributed by atoms with E-state index in [9.17, 15) is 9.59 Å². The summed E-state index contributed by atoms with van der Waals surface area (Å²) < 4.78 is 10.0. The Morgan fingerprint density at radius 3 is 3.00 bits per heavy atom. The molecule has 0 aliphatic carbocycles. The zero-order chi connectivity index (χ0) is 14.8. The average molecular weight is 303 g/mol. The van der Waals surface area contributed by atoms with Gasteiger partial charge < -0.3 is 14.1 Å². The van der Waals surface area contributed by atoms with Crippen LogP contribution in [0.3, 0.4) is 0 Å². The molecule has 3 rings (SSSR count). The van der Waals surface area contributed by atoms with Gasteiger partial charge in [0, 0.05) is 4.90 Å². The van der Waals surface area contributed by atoms with Gasteiger partial charge in [-0.15, -0.1) is 11.8 Å². The number of carbonyl (C=O) groups excluding carboxylic acids is 2. The fourth-order valence-electron chi connectivity index (χ4n) is 2.18. The third kappa shape index (κ3) is 2.67. The van der Waals surface area contributed by atoms with Crippen molar-refractivity contribution in [3.05, 3.63) is 47.9 Å². The highest BCUT2D eigenvalue weighted by atomic mass is 32.2. The number of furan rings is 1. The van der Waals surface area contributed by atoms with Crippen molar-refractivity contribution in [3.8, 4) is 0 Å². The van der Waals surface area contributed by atoms with Crippen LogP contribution in [0.2, 0.25) is 0 Å². The van der Waals surface area contributed by atoms with E-state index in [-0.39, 0.29) is 5.91 Å². The van der Waals surface area contributed by atoms with Crippen molar-refractivity contribution < 1.29 is 18.7 Å². The van der Waals surface area contributed by atoms with Gasteiger partial charge in [0.25, 0.3) is 0 Å². The predicted octanol–water partition coefficient (Wildman–Crippen LogP) is 2.71. The van der Waals surface area contributed by atoms with Gasteiger partial charge in [-0.25, -0.2) is 4.79 Å². The maximum atomic E-state index is 12.2. The second kappa shape index (κ2) is 5.65. The van der Waals surface area contributed by atoms with Crippen molar-refractivity contribution in [2.75, 3.05) is 17.8 Å². The molecule has 0 unspecified atom stereocenters. The lowest BCUT2D eigenvalue weighted by Crippen LogP contribution is -2.34. The Balaban J connectivity index is 1.98. The van der Waals surface area contributed by atoms with Gasteiger partial charge in [0.15, 0.2) is 0 Å². The normalized spacial score (nSPS) is 14.0. The minimum absolute atomic E-state index is 0.00841. The minimum Gasteiger partial charge on any atom is -0.467 e. The third-order valence-corrected chi connectivity index (χ3v) is 4.26. The molecule has 5 nitrogen and oxygen atoms in total. The summed E-state index contributed by atoms with van der Waals surface area (Å²) in [5, 5.41) is 0. The van der Waals surface area contributed by atoms with Crippen molar-refractivity contribution in [1.29, 1.82) is 0 Å². The summed E-state index contributed by atoms with van der Waals surface area (Å²) in [4.78, 5) is 26.4. The molecule has 1 aliphatic rings. The molecule has 21 heavy (non-hydrogen) atoms. The van der Waals surface area contributed by atoms with Crippen LogP contribution in [0.25, 0.3) is 0 Å². The average Bonchev–Trinajstić information content (AvgIpc) is 3.02. The minimum atomic E-state index is -0.418. The number of ether oxygens (including phenoxy) is 1. The Labute approximate surface area is 125 Å². The molecule has 108 valence electrons. The molecule has 0 fully saturated rings. The fraction of sp³-hybridized carbons (Fsp3) is 0.200. The number of hydrogen-bond donors (Lipinski definition) is 0. The van der Waals surface area contributed by atoms with Gasteiger partial charge in [0.2, 0.25) is 5.91 Å². The Kier molecular flexibility index (Phi) is 3.70. The quantitative estimate of drug-likeness (QED) is 0.816. The number of benzene rings is 1. The van der Waals surface area contributed by atoms with Crippen LogP contribution in [0.1, 0.15) is 16.1 Å². The van der Waals surface area contributed by atoms with E-state index in [0.29, 0.717) is 23.6 Å². The first-order chi connectivity index (χ1) is 10.2. The maximum absolute atomic E-state index is 12.2. The number of thioether (sulfide) groups is 1. The molecule has 2 heterocycles. The molecule has 6 heteroatoms. The Morgan fingerprint density at radius 2 is 2.29 bits per heavy atom. The molecule has 1 aromatic carbocycles. The van der Waals surface area contributed by atoms with E-state index in [1.54, 1.807) is 29.4 Å². The number of rotatable bonds is 3. The van der Waals surface area contributed by atoms with E-state index in [1.165, 1.54) is 18.9 Å². The molecule has 1 aliphatic heterocycles. The molecular weight excluding hydrogens is 290 g/mol. The summed E-state index contributed by atoms with van der Waals surface area (Å²) >= 11 is 1.47. The molecule has 0 N–H and O–H groups in total. The Bertz CT molecular complexity index is 681. The van der Waals surface area contributed by atoms with E-state index >= 15 is 0 Å². The molecule has 1 amide bonds. The van der Waals surface area contributed by atoms with E-state index in [2.05, 4.69) is 0 Å². The first-order valence-electron chi connectivity index (χ1n) is 6.37. The fourth-order valence-corrected chi connectivity index (χ4v) is 3.09. The summed E-state index contributed by atoms with van der Waals surface area (Å²) in [5.74, 6) is 0.653. The van der Waals surface area contributed by atoms with Gasteiger partial charge in [0.05, 0.1) is 36.9 Å². The van der Waals surface area contributed by atoms with Gasteiger partial charge >= 0.3 is 5.97 Å². The highest BCUT2D eigenvalue weighted by Gasteiger charge is 2.26. The number of nitrogens with zero attached hydrogens (tertiary/aromatic N) is 1. The Hall–Kier alpha value is -2.21.